The van der Waals surface area contributed by atoms with Crippen LogP contribution in [-0.4, -0.2) is 48.6 Å². The van der Waals surface area contributed by atoms with E-state index < -0.39 is 0 Å². The summed E-state index contributed by atoms with van der Waals surface area (Å²) in [4.78, 5) is 5.03. The molecule has 1 aromatic rings. The Balaban J connectivity index is 1.57. The summed E-state index contributed by atoms with van der Waals surface area (Å²) in [6.07, 6.45) is 2.72. The summed E-state index contributed by atoms with van der Waals surface area (Å²) in [6, 6.07) is 10.5. The van der Waals surface area contributed by atoms with Crippen molar-refractivity contribution < 1.29 is 0 Å². The highest BCUT2D eigenvalue weighted by Gasteiger charge is 2.22. The zero-order chi connectivity index (χ0) is 13.9. The van der Waals surface area contributed by atoms with E-state index in [1.807, 2.05) is 0 Å². The SMILES string of the molecule is CC1CN(C)CCN1Cc1cccc(CNC2CC2)c1. The predicted octanol–water partition coefficient (Wildman–Crippen LogP) is 2.07. The summed E-state index contributed by atoms with van der Waals surface area (Å²) >= 11 is 0. The van der Waals surface area contributed by atoms with Crippen LogP contribution in [0.15, 0.2) is 24.3 Å². The zero-order valence-corrected chi connectivity index (χ0v) is 12.8. The lowest BCUT2D eigenvalue weighted by Gasteiger charge is -2.38. The average Bonchev–Trinajstić information content (AvgIpc) is 3.24. The van der Waals surface area contributed by atoms with E-state index in [9.17, 15) is 0 Å². The fourth-order valence-corrected chi connectivity index (χ4v) is 3.03. The summed E-state index contributed by atoms with van der Waals surface area (Å²) < 4.78 is 0. The van der Waals surface area contributed by atoms with Crippen LogP contribution < -0.4 is 5.32 Å². The summed E-state index contributed by atoms with van der Waals surface area (Å²) in [5, 5.41) is 3.60. The standard InChI is InChI=1S/C17H27N3/c1-14-12-19(2)8-9-20(14)13-16-5-3-4-15(10-16)11-18-17-6-7-17/h3-5,10,14,17-18H,6-9,11-13H2,1-2H3. The molecule has 110 valence electrons. The third-order valence-corrected chi connectivity index (χ3v) is 4.52. The molecule has 20 heavy (non-hydrogen) atoms. The van der Waals surface area contributed by atoms with Crippen molar-refractivity contribution in [2.24, 2.45) is 0 Å². The predicted molar refractivity (Wildman–Crippen MR) is 83.7 cm³/mol. The summed E-state index contributed by atoms with van der Waals surface area (Å²) in [5.74, 6) is 0. The molecule has 3 heteroatoms. The fourth-order valence-electron chi connectivity index (χ4n) is 3.03. The van der Waals surface area contributed by atoms with Crippen molar-refractivity contribution in [3.8, 4) is 0 Å². The Kier molecular flexibility index (Phi) is 4.39. The van der Waals surface area contributed by atoms with Crippen molar-refractivity contribution in [1.29, 1.82) is 0 Å². The Morgan fingerprint density at radius 3 is 2.75 bits per heavy atom. The molecule has 2 aliphatic rings. The third-order valence-electron chi connectivity index (χ3n) is 4.52. The van der Waals surface area contributed by atoms with Crippen LogP contribution in [-0.2, 0) is 13.1 Å². The van der Waals surface area contributed by atoms with Crippen LogP contribution in [0.1, 0.15) is 30.9 Å². The van der Waals surface area contributed by atoms with Crippen LogP contribution in [0, 0.1) is 0 Å². The number of nitrogens with one attached hydrogen (secondary N) is 1. The maximum Gasteiger partial charge on any atom is 0.0237 e. The van der Waals surface area contributed by atoms with Crippen LogP contribution in [0.25, 0.3) is 0 Å². The lowest BCUT2D eigenvalue weighted by molar-refractivity contribution is 0.0938. The minimum atomic E-state index is 0.655. The lowest BCUT2D eigenvalue weighted by atomic mass is 10.1. The van der Waals surface area contributed by atoms with Gasteiger partial charge in [-0.3, -0.25) is 4.90 Å². The molecule has 1 aliphatic carbocycles. The van der Waals surface area contributed by atoms with Gasteiger partial charge in [-0.25, -0.2) is 0 Å². The minimum absolute atomic E-state index is 0.655. The van der Waals surface area contributed by atoms with Gasteiger partial charge >= 0.3 is 0 Å². The first-order valence-electron chi connectivity index (χ1n) is 7.94. The topological polar surface area (TPSA) is 18.5 Å². The van der Waals surface area contributed by atoms with Crippen molar-refractivity contribution in [3.63, 3.8) is 0 Å². The number of piperazine rings is 1. The second-order valence-corrected chi connectivity index (χ2v) is 6.56. The first-order valence-corrected chi connectivity index (χ1v) is 7.94. The first-order chi connectivity index (χ1) is 9.70. The van der Waals surface area contributed by atoms with Gasteiger partial charge in [0.15, 0.2) is 0 Å². The van der Waals surface area contributed by atoms with E-state index in [0.29, 0.717) is 6.04 Å². The Labute approximate surface area is 123 Å². The zero-order valence-electron chi connectivity index (χ0n) is 12.8. The van der Waals surface area contributed by atoms with Crippen molar-refractivity contribution in [1.82, 2.24) is 15.1 Å². The highest BCUT2D eigenvalue weighted by Crippen LogP contribution is 2.20. The summed E-state index contributed by atoms with van der Waals surface area (Å²) in [6.45, 7) is 8.01. The largest absolute Gasteiger partial charge is 0.310 e. The van der Waals surface area contributed by atoms with Crippen LogP contribution in [0.4, 0.5) is 0 Å². The molecule has 0 aromatic heterocycles. The molecule has 1 N–H and O–H groups in total. The van der Waals surface area contributed by atoms with Gasteiger partial charge in [-0.1, -0.05) is 24.3 Å². The third kappa shape index (κ3) is 3.81. The van der Waals surface area contributed by atoms with Gasteiger partial charge in [0.1, 0.15) is 0 Å². The molecule has 0 bridgehead atoms. The maximum absolute atomic E-state index is 3.60. The lowest BCUT2D eigenvalue weighted by Crippen LogP contribution is -2.49. The van der Waals surface area contributed by atoms with Crippen molar-refractivity contribution in [2.75, 3.05) is 26.7 Å². The van der Waals surface area contributed by atoms with Crippen molar-refractivity contribution >= 4 is 0 Å². The molecule has 0 radical (unpaired) electrons. The van der Waals surface area contributed by atoms with E-state index in [-0.39, 0.29) is 0 Å². The molecule has 1 saturated heterocycles. The molecule has 3 nitrogen and oxygen atoms in total. The van der Waals surface area contributed by atoms with Gasteiger partial charge < -0.3 is 10.2 Å². The molecule has 1 saturated carbocycles. The highest BCUT2D eigenvalue weighted by molar-refractivity contribution is 5.23. The van der Waals surface area contributed by atoms with Crippen LogP contribution >= 0.6 is 0 Å². The smallest absolute Gasteiger partial charge is 0.0237 e. The van der Waals surface area contributed by atoms with Crippen LogP contribution in [0.2, 0.25) is 0 Å². The maximum atomic E-state index is 3.60. The van der Waals surface area contributed by atoms with E-state index in [1.54, 1.807) is 0 Å². The Morgan fingerprint density at radius 1 is 1.20 bits per heavy atom. The van der Waals surface area contributed by atoms with Crippen molar-refractivity contribution in [2.45, 2.75) is 44.9 Å². The first kappa shape index (κ1) is 14.1. The molecular weight excluding hydrogens is 246 g/mol. The number of hydrogen-bond donors (Lipinski definition) is 1. The Bertz CT molecular complexity index is 442. The van der Waals surface area contributed by atoms with Gasteiger partial charge in [0, 0.05) is 44.8 Å². The minimum Gasteiger partial charge on any atom is -0.310 e. The van der Waals surface area contributed by atoms with E-state index in [0.717, 1.165) is 19.1 Å². The van der Waals surface area contributed by atoms with Crippen molar-refractivity contribution in [3.05, 3.63) is 35.4 Å². The molecule has 1 aliphatic heterocycles. The molecule has 1 aromatic carbocycles. The second-order valence-electron chi connectivity index (χ2n) is 6.56. The van der Waals surface area contributed by atoms with Gasteiger partial charge in [0.2, 0.25) is 0 Å². The Morgan fingerprint density at radius 2 is 2.00 bits per heavy atom. The summed E-state index contributed by atoms with van der Waals surface area (Å²) in [5.41, 5.74) is 2.88. The normalized spacial score (nSPS) is 25.0. The average molecular weight is 273 g/mol. The molecule has 0 spiro atoms. The number of nitrogens with zero attached hydrogens (tertiary/aromatic N) is 2. The second kappa shape index (κ2) is 6.25. The Hall–Kier alpha value is -0.900. The summed E-state index contributed by atoms with van der Waals surface area (Å²) in [7, 11) is 2.22. The van der Waals surface area contributed by atoms with Gasteiger partial charge in [0.25, 0.3) is 0 Å². The molecule has 1 heterocycles. The number of likely N-dealkylation sites (N-methyl/N-ethyl adjacent to an activating group) is 1. The van der Waals surface area contributed by atoms with Gasteiger partial charge in [0.05, 0.1) is 0 Å². The van der Waals surface area contributed by atoms with Crippen LogP contribution in [0.3, 0.4) is 0 Å². The van der Waals surface area contributed by atoms with Gasteiger partial charge in [-0.15, -0.1) is 0 Å². The van der Waals surface area contributed by atoms with Gasteiger partial charge in [-0.05, 0) is 37.9 Å². The number of rotatable bonds is 5. The van der Waals surface area contributed by atoms with Crippen LogP contribution in [0.5, 0.6) is 0 Å². The molecule has 2 fully saturated rings. The molecule has 0 amide bonds. The fraction of sp³-hybridized carbons (Fsp3) is 0.647. The highest BCUT2D eigenvalue weighted by atomic mass is 15.3. The van der Waals surface area contributed by atoms with E-state index >= 15 is 0 Å². The van der Waals surface area contributed by atoms with E-state index in [2.05, 4.69) is 53.4 Å². The number of benzene rings is 1. The van der Waals surface area contributed by atoms with E-state index in [1.165, 1.54) is 43.6 Å². The number of hydrogen-bond acceptors (Lipinski definition) is 3. The monoisotopic (exact) mass is 273 g/mol. The molecule has 1 atom stereocenters. The quantitative estimate of drug-likeness (QED) is 0.886. The van der Waals surface area contributed by atoms with Gasteiger partial charge in [-0.2, -0.15) is 0 Å². The van der Waals surface area contributed by atoms with E-state index in [4.69, 9.17) is 0 Å². The molecule has 3 rings (SSSR count). The molecular formula is C17H27N3. The molecule has 1 unspecified atom stereocenters.